The Bertz CT molecular complexity index is 1060. The first-order chi connectivity index (χ1) is 14.0. The van der Waals surface area contributed by atoms with Crippen LogP contribution in [0.1, 0.15) is 16.8 Å². The Labute approximate surface area is 168 Å². The predicted octanol–water partition coefficient (Wildman–Crippen LogP) is 1.05. The van der Waals surface area contributed by atoms with E-state index >= 15 is 0 Å². The van der Waals surface area contributed by atoms with Crippen molar-refractivity contribution >= 4 is 17.5 Å². The number of carbonyl (C=O) groups excluding carboxylic acids is 2. The Morgan fingerprint density at radius 1 is 1.14 bits per heavy atom. The smallest absolute Gasteiger partial charge is 0.324 e. The Balaban J connectivity index is 1.66. The lowest BCUT2D eigenvalue weighted by atomic mass is 10.2. The molecular formula is C20H24N6O3. The number of carbonyl (C=O) groups is 2. The lowest BCUT2D eigenvalue weighted by Crippen LogP contribution is -2.46. The summed E-state index contributed by atoms with van der Waals surface area (Å²) < 4.78 is 8.70. The van der Waals surface area contributed by atoms with Gasteiger partial charge in [0.05, 0.1) is 18.4 Å². The average molecular weight is 396 g/mol. The van der Waals surface area contributed by atoms with Crippen molar-refractivity contribution in [1.29, 1.82) is 0 Å². The maximum Gasteiger partial charge on any atom is 0.324 e. The number of hydrogen-bond acceptors (Lipinski definition) is 6. The molecule has 0 N–H and O–H groups in total. The van der Waals surface area contributed by atoms with Crippen LogP contribution in [0.2, 0.25) is 0 Å². The summed E-state index contributed by atoms with van der Waals surface area (Å²) in [6.07, 6.45) is 4.49. The van der Waals surface area contributed by atoms with Gasteiger partial charge in [-0.1, -0.05) is 0 Å². The second kappa shape index (κ2) is 7.67. The molecule has 1 amide bonds. The van der Waals surface area contributed by atoms with Gasteiger partial charge in [-0.25, -0.2) is 0 Å². The largest absolute Gasteiger partial charge is 0.468 e. The number of aryl methyl sites for hydroxylation is 1. The van der Waals surface area contributed by atoms with E-state index < -0.39 is 6.04 Å². The van der Waals surface area contributed by atoms with Crippen LogP contribution in [0.3, 0.4) is 0 Å². The highest BCUT2D eigenvalue weighted by atomic mass is 16.5. The number of fused-ring (bicyclic) bond motifs is 1. The molecule has 0 saturated carbocycles. The van der Waals surface area contributed by atoms with Crippen LogP contribution in [0.25, 0.3) is 17.2 Å². The van der Waals surface area contributed by atoms with Crippen molar-refractivity contribution in [3.8, 4) is 11.5 Å². The zero-order valence-corrected chi connectivity index (χ0v) is 16.8. The minimum atomic E-state index is -0.468. The van der Waals surface area contributed by atoms with Gasteiger partial charge in [0.1, 0.15) is 6.04 Å². The van der Waals surface area contributed by atoms with Crippen molar-refractivity contribution in [2.75, 3.05) is 33.8 Å². The van der Waals surface area contributed by atoms with Gasteiger partial charge in [-0.2, -0.15) is 0 Å². The van der Waals surface area contributed by atoms with E-state index in [1.54, 1.807) is 23.2 Å². The molecule has 1 saturated heterocycles. The number of ether oxygens (including phenoxy) is 1. The number of pyridine rings is 1. The van der Waals surface area contributed by atoms with Crippen molar-refractivity contribution in [1.82, 2.24) is 29.0 Å². The van der Waals surface area contributed by atoms with Gasteiger partial charge >= 0.3 is 5.97 Å². The van der Waals surface area contributed by atoms with E-state index in [-0.39, 0.29) is 11.9 Å². The van der Waals surface area contributed by atoms with E-state index in [4.69, 9.17) is 4.74 Å². The number of aromatic nitrogens is 4. The van der Waals surface area contributed by atoms with E-state index in [1.807, 2.05) is 46.3 Å². The number of hydrogen-bond donors (Lipinski definition) is 0. The molecule has 1 fully saturated rings. The van der Waals surface area contributed by atoms with Gasteiger partial charge in [0.15, 0.2) is 11.5 Å². The van der Waals surface area contributed by atoms with Crippen LogP contribution >= 0.6 is 0 Å². The number of nitrogens with zero attached hydrogens (tertiary/aromatic N) is 6. The zero-order chi connectivity index (χ0) is 20.5. The van der Waals surface area contributed by atoms with Crippen molar-refractivity contribution in [3.05, 3.63) is 42.2 Å². The van der Waals surface area contributed by atoms with Gasteiger partial charge in [0.25, 0.3) is 5.91 Å². The molecule has 9 heteroatoms. The first-order valence-electron chi connectivity index (χ1n) is 9.53. The molecule has 0 spiro atoms. The highest BCUT2D eigenvalue weighted by Crippen LogP contribution is 2.20. The number of rotatable bonds is 3. The lowest BCUT2D eigenvalue weighted by Gasteiger charge is -2.26. The van der Waals surface area contributed by atoms with Gasteiger partial charge in [-0.15, -0.1) is 10.2 Å². The summed E-state index contributed by atoms with van der Waals surface area (Å²) in [6, 6.07) is 6.96. The molecule has 152 valence electrons. The fourth-order valence-electron chi connectivity index (χ4n) is 3.75. The molecule has 9 nitrogen and oxygen atoms in total. The minimum Gasteiger partial charge on any atom is -0.468 e. The number of methoxy groups -OCH3 is 1. The van der Waals surface area contributed by atoms with E-state index in [9.17, 15) is 9.59 Å². The van der Waals surface area contributed by atoms with Crippen LogP contribution in [0.5, 0.6) is 0 Å². The van der Waals surface area contributed by atoms with E-state index in [0.717, 1.165) is 18.7 Å². The highest BCUT2D eigenvalue weighted by Gasteiger charge is 2.31. The molecule has 1 aliphatic heterocycles. The van der Waals surface area contributed by atoms with Gasteiger partial charge in [-0.05, 0) is 37.7 Å². The average Bonchev–Trinajstić information content (AvgIpc) is 3.28. The summed E-state index contributed by atoms with van der Waals surface area (Å²) in [5, 5.41) is 8.49. The Morgan fingerprint density at radius 3 is 2.69 bits per heavy atom. The summed E-state index contributed by atoms with van der Waals surface area (Å²) in [5.74, 6) is 0.222. The first kappa shape index (κ1) is 19.1. The van der Waals surface area contributed by atoms with Crippen molar-refractivity contribution in [2.24, 2.45) is 7.05 Å². The predicted molar refractivity (Wildman–Crippen MR) is 106 cm³/mol. The molecule has 29 heavy (non-hydrogen) atoms. The fraction of sp³-hybridized carbons (Fsp3) is 0.400. The molecule has 1 aliphatic rings. The van der Waals surface area contributed by atoms with Crippen molar-refractivity contribution in [3.63, 3.8) is 0 Å². The van der Waals surface area contributed by atoms with Crippen molar-refractivity contribution in [2.45, 2.75) is 12.5 Å². The molecule has 0 radical (unpaired) electrons. The summed E-state index contributed by atoms with van der Waals surface area (Å²) in [6.45, 7) is 1.61. The van der Waals surface area contributed by atoms with Gasteiger partial charge < -0.3 is 14.2 Å². The van der Waals surface area contributed by atoms with Crippen LogP contribution in [0.4, 0.5) is 0 Å². The number of esters is 1. The summed E-state index contributed by atoms with van der Waals surface area (Å²) >= 11 is 0. The second-order valence-electron chi connectivity index (χ2n) is 7.30. The monoisotopic (exact) mass is 396 g/mol. The highest BCUT2D eigenvalue weighted by molar-refractivity contribution is 5.94. The molecule has 4 heterocycles. The van der Waals surface area contributed by atoms with E-state index in [2.05, 4.69) is 10.2 Å². The summed E-state index contributed by atoms with van der Waals surface area (Å²) in [4.78, 5) is 29.1. The quantitative estimate of drug-likeness (QED) is 0.616. The van der Waals surface area contributed by atoms with E-state index in [1.165, 1.54) is 7.11 Å². The molecule has 3 aromatic rings. The van der Waals surface area contributed by atoms with Crippen molar-refractivity contribution < 1.29 is 14.3 Å². The van der Waals surface area contributed by atoms with Crippen LogP contribution in [-0.2, 0) is 16.6 Å². The minimum absolute atomic E-state index is 0.123. The van der Waals surface area contributed by atoms with Gasteiger partial charge in [-0.3, -0.25) is 18.9 Å². The third kappa shape index (κ3) is 3.49. The second-order valence-corrected chi connectivity index (χ2v) is 7.30. The molecular weight excluding hydrogens is 372 g/mol. The summed E-state index contributed by atoms with van der Waals surface area (Å²) in [7, 11) is 5.19. The third-order valence-corrected chi connectivity index (χ3v) is 5.45. The maximum absolute atomic E-state index is 13.2. The molecule has 4 rings (SSSR count). The van der Waals surface area contributed by atoms with E-state index in [0.29, 0.717) is 30.1 Å². The van der Waals surface area contributed by atoms with Crippen LogP contribution in [0.15, 0.2) is 36.7 Å². The van der Waals surface area contributed by atoms with Crippen LogP contribution < -0.4 is 0 Å². The Hall–Kier alpha value is -3.20. The summed E-state index contributed by atoms with van der Waals surface area (Å²) in [5.41, 5.74) is 2.10. The van der Waals surface area contributed by atoms with Crippen LogP contribution in [-0.4, -0.2) is 80.7 Å². The normalized spacial score (nSPS) is 18.0. The maximum atomic E-state index is 13.2. The fourth-order valence-corrected chi connectivity index (χ4v) is 3.75. The van der Waals surface area contributed by atoms with Crippen LogP contribution in [0, 0.1) is 0 Å². The van der Waals surface area contributed by atoms with Gasteiger partial charge in [0, 0.05) is 39.1 Å². The molecule has 0 aromatic carbocycles. The zero-order valence-electron chi connectivity index (χ0n) is 16.8. The van der Waals surface area contributed by atoms with Gasteiger partial charge in [0.2, 0.25) is 0 Å². The SMILES string of the molecule is COC(=O)C1CN(C(=O)c2ccc3nnc(-c4cccn4C)n3c2)CCCN1C. The lowest BCUT2D eigenvalue weighted by molar-refractivity contribution is -0.146. The molecule has 3 aromatic heterocycles. The molecule has 1 atom stereocenters. The molecule has 0 aliphatic carbocycles. The number of amides is 1. The Morgan fingerprint density at radius 2 is 1.97 bits per heavy atom. The topological polar surface area (TPSA) is 85.0 Å². The third-order valence-electron chi connectivity index (χ3n) is 5.45. The Kier molecular flexibility index (Phi) is 5.06. The standard InChI is InChI=1S/C20H24N6O3/c1-23-9-4-6-15(23)18-22-21-17-8-7-14(12-26(17)18)19(27)25-11-5-10-24(2)16(13-25)20(28)29-3/h4,6-9,12,16H,5,10-11,13H2,1-3H3. The molecule has 1 unspecified atom stereocenters. The number of likely N-dealkylation sites (N-methyl/N-ethyl adjacent to an activating group) is 1. The molecule has 0 bridgehead atoms. The first-order valence-corrected chi connectivity index (χ1v) is 9.53.